The van der Waals surface area contributed by atoms with E-state index in [1.165, 1.54) is 47.4 Å². The number of benzene rings is 1. The van der Waals surface area contributed by atoms with Crippen molar-refractivity contribution >= 4 is 23.4 Å². The average Bonchev–Trinajstić information content (AvgIpc) is 3.12. The molecule has 172 valence electrons. The first kappa shape index (κ1) is 22.2. The molecule has 2 aliphatic carbocycles. The minimum atomic E-state index is 0.801. The highest BCUT2D eigenvalue weighted by atomic mass is 15.1. The number of nitrogens with zero attached hydrogens (tertiary/aromatic N) is 2. The van der Waals surface area contributed by atoms with Crippen molar-refractivity contribution < 1.29 is 0 Å². The van der Waals surface area contributed by atoms with Crippen molar-refractivity contribution in [2.45, 2.75) is 32.6 Å². The third kappa shape index (κ3) is 4.84. The summed E-state index contributed by atoms with van der Waals surface area (Å²) in [5.74, 6) is 0.801. The van der Waals surface area contributed by atoms with Crippen molar-refractivity contribution in [3.63, 3.8) is 0 Å². The van der Waals surface area contributed by atoms with Crippen LogP contribution in [0.3, 0.4) is 0 Å². The van der Waals surface area contributed by atoms with Crippen LogP contribution in [0.15, 0.2) is 84.8 Å². The van der Waals surface area contributed by atoms with Crippen molar-refractivity contribution in [2.75, 3.05) is 13.6 Å². The van der Waals surface area contributed by atoms with Gasteiger partial charge in [0.05, 0.1) is 11.4 Å². The quantitative estimate of drug-likeness (QED) is 0.694. The van der Waals surface area contributed by atoms with E-state index in [9.17, 15) is 0 Å². The molecule has 3 heteroatoms. The molecule has 0 bridgehead atoms. The summed E-state index contributed by atoms with van der Waals surface area (Å²) in [6.45, 7) is 7.43. The second-order valence-corrected chi connectivity index (χ2v) is 9.62. The van der Waals surface area contributed by atoms with E-state index >= 15 is 0 Å². The normalized spacial score (nSPS) is 17.8. The van der Waals surface area contributed by atoms with E-state index in [2.05, 4.69) is 84.6 Å². The van der Waals surface area contributed by atoms with Crippen LogP contribution in [-0.2, 0) is 0 Å². The summed E-state index contributed by atoms with van der Waals surface area (Å²) in [6, 6.07) is 12.9. The number of rotatable bonds is 5. The number of aromatic nitrogens is 1. The summed E-state index contributed by atoms with van der Waals surface area (Å²) in [7, 11) is 2.22. The van der Waals surface area contributed by atoms with Gasteiger partial charge in [-0.05, 0) is 89.8 Å². The van der Waals surface area contributed by atoms with Gasteiger partial charge in [-0.3, -0.25) is 4.98 Å². The molecule has 2 heterocycles. The monoisotopic (exact) mass is 447 g/mol. The zero-order valence-electron chi connectivity index (χ0n) is 20.2. The van der Waals surface area contributed by atoms with Crippen molar-refractivity contribution in [1.29, 1.82) is 0 Å². The molecule has 0 radical (unpaired) electrons. The Bertz CT molecular complexity index is 1350. The molecule has 1 aromatic heterocycles. The number of fused-ring (bicyclic) bond motifs is 1. The van der Waals surface area contributed by atoms with Crippen LogP contribution in [0.4, 0.5) is 0 Å². The van der Waals surface area contributed by atoms with Crippen LogP contribution in [0.2, 0.25) is 0 Å². The molecule has 3 aliphatic rings. The molecule has 0 unspecified atom stereocenters. The highest BCUT2D eigenvalue weighted by Crippen LogP contribution is 2.27. The number of pyridine rings is 1. The van der Waals surface area contributed by atoms with E-state index in [0.717, 1.165) is 40.7 Å². The Kier molecular flexibility index (Phi) is 6.35. The van der Waals surface area contributed by atoms with Crippen LogP contribution in [-0.4, -0.2) is 23.5 Å². The van der Waals surface area contributed by atoms with Gasteiger partial charge in [-0.2, -0.15) is 0 Å². The predicted octanol–water partition coefficient (Wildman–Crippen LogP) is 5.07. The van der Waals surface area contributed by atoms with Crippen molar-refractivity contribution in [3.8, 4) is 0 Å². The zero-order chi connectivity index (χ0) is 23.5. The maximum Gasteiger partial charge on any atom is 0.0873 e. The Morgan fingerprint density at radius 1 is 1.03 bits per heavy atom. The summed E-state index contributed by atoms with van der Waals surface area (Å²) in [5, 5.41) is 5.88. The van der Waals surface area contributed by atoms with Gasteiger partial charge in [-0.25, -0.2) is 0 Å². The van der Waals surface area contributed by atoms with Crippen LogP contribution >= 0.6 is 0 Å². The van der Waals surface area contributed by atoms with Gasteiger partial charge < -0.3 is 10.2 Å². The SMILES string of the molecule is C=C1C=C(N(C)CC2CCCC2)C=c2cc(C3=C(c4cccc(C)n4)NC=CC=C3)ccc2=C1. The molecular weight excluding hydrogens is 414 g/mol. The van der Waals surface area contributed by atoms with E-state index in [4.69, 9.17) is 4.98 Å². The summed E-state index contributed by atoms with van der Waals surface area (Å²) < 4.78 is 0. The molecular formula is C31H33N3. The van der Waals surface area contributed by atoms with Gasteiger partial charge in [0.2, 0.25) is 0 Å². The number of hydrogen-bond donors (Lipinski definition) is 1. The molecule has 1 aliphatic heterocycles. The Labute approximate surface area is 202 Å². The van der Waals surface area contributed by atoms with E-state index in [1.54, 1.807) is 0 Å². The first-order valence-electron chi connectivity index (χ1n) is 12.3. The Morgan fingerprint density at radius 2 is 1.88 bits per heavy atom. The summed E-state index contributed by atoms with van der Waals surface area (Å²) in [5.41, 5.74) is 7.54. The Morgan fingerprint density at radius 3 is 2.71 bits per heavy atom. The molecule has 3 nitrogen and oxygen atoms in total. The number of allylic oxidation sites excluding steroid dienone is 7. The largest absolute Gasteiger partial charge is 0.374 e. The molecule has 0 saturated heterocycles. The third-order valence-electron chi connectivity index (χ3n) is 6.93. The molecule has 0 spiro atoms. The lowest BCUT2D eigenvalue weighted by molar-refractivity contribution is 0.347. The second-order valence-electron chi connectivity index (χ2n) is 9.62. The lowest BCUT2D eigenvalue weighted by Crippen LogP contribution is -2.28. The fraction of sp³-hybridized carbons (Fsp3) is 0.258. The predicted molar refractivity (Wildman–Crippen MR) is 144 cm³/mol. The molecule has 1 fully saturated rings. The van der Waals surface area contributed by atoms with Gasteiger partial charge in [0.1, 0.15) is 0 Å². The minimum absolute atomic E-state index is 0.801. The zero-order valence-corrected chi connectivity index (χ0v) is 20.2. The molecule has 5 rings (SSSR count). The summed E-state index contributed by atoms with van der Waals surface area (Å²) >= 11 is 0. The van der Waals surface area contributed by atoms with Crippen molar-refractivity contribution in [1.82, 2.24) is 15.2 Å². The average molecular weight is 448 g/mol. The third-order valence-corrected chi connectivity index (χ3v) is 6.93. The summed E-state index contributed by atoms with van der Waals surface area (Å²) in [6.07, 6.45) is 20.4. The lowest BCUT2D eigenvalue weighted by Gasteiger charge is -2.24. The van der Waals surface area contributed by atoms with Gasteiger partial charge in [-0.1, -0.05) is 49.8 Å². The maximum atomic E-state index is 4.78. The molecule has 1 aromatic carbocycles. The van der Waals surface area contributed by atoms with Crippen LogP contribution in [0.1, 0.15) is 42.6 Å². The van der Waals surface area contributed by atoms with Gasteiger partial charge >= 0.3 is 0 Å². The van der Waals surface area contributed by atoms with E-state index < -0.39 is 0 Å². The highest BCUT2D eigenvalue weighted by Gasteiger charge is 2.18. The van der Waals surface area contributed by atoms with Crippen LogP contribution < -0.4 is 15.8 Å². The molecule has 0 atom stereocenters. The van der Waals surface area contributed by atoms with E-state index in [1.807, 2.05) is 25.3 Å². The van der Waals surface area contributed by atoms with Gasteiger partial charge in [-0.15, -0.1) is 0 Å². The van der Waals surface area contributed by atoms with E-state index in [0.29, 0.717) is 0 Å². The van der Waals surface area contributed by atoms with Crippen LogP contribution in [0.25, 0.3) is 23.4 Å². The maximum absolute atomic E-state index is 4.78. The van der Waals surface area contributed by atoms with Gasteiger partial charge in [0, 0.05) is 36.8 Å². The first-order valence-corrected chi connectivity index (χ1v) is 12.3. The number of aryl methyl sites for hydroxylation is 1. The Balaban J connectivity index is 1.58. The van der Waals surface area contributed by atoms with Crippen LogP contribution in [0, 0.1) is 12.8 Å². The molecule has 1 N–H and O–H groups in total. The Hall–Kier alpha value is -3.59. The van der Waals surface area contributed by atoms with Crippen molar-refractivity contribution in [2.24, 2.45) is 5.92 Å². The van der Waals surface area contributed by atoms with Gasteiger partial charge in [0.15, 0.2) is 0 Å². The molecule has 0 amide bonds. The van der Waals surface area contributed by atoms with Crippen molar-refractivity contribution in [3.05, 3.63) is 112 Å². The van der Waals surface area contributed by atoms with E-state index in [-0.39, 0.29) is 0 Å². The number of nitrogens with one attached hydrogen (secondary N) is 1. The molecule has 1 saturated carbocycles. The molecule has 34 heavy (non-hydrogen) atoms. The summed E-state index contributed by atoms with van der Waals surface area (Å²) in [4.78, 5) is 7.19. The van der Waals surface area contributed by atoms with Crippen LogP contribution in [0.5, 0.6) is 0 Å². The number of hydrogen-bond acceptors (Lipinski definition) is 3. The smallest absolute Gasteiger partial charge is 0.0873 e. The topological polar surface area (TPSA) is 28.2 Å². The van der Waals surface area contributed by atoms with Gasteiger partial charge in [0.25, 0.3) is 0 Å². The highest BCUT2D eigenvalue weighted by molar-refractivity contribution is 5.95. The fourth-order valence-electron chi connectivity index (χ4n) is 5.17. The first-order chi connectivity index (χ1) is 16.6. The fourth-order valence-corrected chi connectivity index (χ4v) is 5.17. The lowest BCUT2D eigenvalue weighted by atomic mass is 9.99. The standard InChI is InChI=1S/C31H33N3/c1-22-17-25-14-15-26(19-27(25)20-28(18-22)34(3)21-24-10-4-5-11-24)29-12-6-7-16-32-31(29)30-13-8-9-23(2)33-30/h6-9,12-20,24,32H,1,4-5,10-11,21H2,2-3H3. The second kappa shape index (κ2) is 9.72. The molecule has 2 aromatic rings. The minimum Gasteiger partial charge on any atom is -0.374 e.